The molecule has 2 heterocycles. The lowest BCUT2D eigenvalue weighted by Gasteiger charge is -2.22. The van der Waals surface area contributed by atoms with Crippen molar-refractivity contribution in [1.29, 1.82) is 0 Å². The van der Waals surface area contributed by atoms with Crippen LogP contribution >= 0.6 is 0 Å². The van der Waals surface area contributed by atoms with Gasteiger partial charge in [0, 0.05) is 36.0 Å². The van der Waals surface area contributed by atoms with E-state index in [4.69, 9.17) is 9.72 Å². The van der Waals surface area contributed by atoms with Crippen molar-refractivity contribution in [3.63, 3.8) is 0 Å². The zero-order chi connectivity index (χ0) is 13.7. The van der Waals surface area contributed by atoms with Gasteiger partial charge in [0.05, 0.1) is 6.61 Å². The molecule has 1 N–H and O–H groups in total. The van der Waals surface area contributed by atoms with Crippen LogP contribution in [-0.4, -0.2) is 29.7 Å². The van der Waals surface area contributed by atoms with Gasteiger partial charge in [-0.05, 0) is 39.7 Å². The number of nitrogens with one attached hydrogen (secondary N) is 1. The lowest BCUT2D eigenvalue weighted by Crippen LogP contribution is -2.22. The van der Waals surface area contributed by atoms with Crippen LogP contribution in [0.1, 0.15) is 62.2 Å². The fourth-order valence-electron chi connectivity index (χ4n) is 2.53. The Morgan fingerprint density at radius 2 is 2.37 bits per heavy atom. The molecule has 0 amide bonds. The van der Waals surface area contributed by atoms with Crippen LogP contribution in [0, 0.1) is 6.92 Å². The van der Waals surface area contributed by atoms with E-state index in [1.807, 2.05) is 6.20 Å². The normalized spacial score (nSPS) is 21.3. The Labute approximate surface area is 116 Å². The van der Waals surface area contributed by atoms with Gasteiger partial charge >= 0.3 is 0 Å². The van der Waals surface area contributed by atoms with E-state index < -0.39 is 0 Å². The summed E-state index contributed by atoms with van der Waals surface area (Å²) in [7, 11) is 0. The molecule has 19 heavy (non-hydrogen) atoms. The highest BCUT2D eigenvalue weighted by Crippen LogP contribution is 2.24. The molecule has 0 bridgehead atoms. The van der Waals surface area contributed by atoms with Crippen molar-refractivity contribution in [3.05, 3.63) is 23.3 Å². The highest BCUT2D eigenvalue weighted by atomic mass is 16.5. The molecule has 2 unspecified atom stereocenters. The zero-order valence-corrected chi connectivity index (χ0v) is 12.3. The van der Waals surface area contributed by atoms with Crippen LogP contribution in [0.25, 0.3) is 0 Å². The van der Waals surface area contributed by atoms with E-state index in [2.05, 4.69) is 31.1 Å². The molecule has 4 nitrogen and oxygen atoms in total. The number of nitrogens with zero attached hydrogens (tertiary/aromatic N) is 2. The molecular formula is C15H25N3O. The summed E-state index contributed by atoms with van der Waals surface area (Å²) in [4.78, 5) is 9.26. The molecule has 4 heteroatoms. The lowest BCUT2D eigenvalue weighted by atomic mass is 10.0. The Bertz CT molecular complexity index is 402. The van der Waals surface area contributed by atoms with Gasteiger partial charge in [-0.2, -0.15) is 0 Å². The second kappa shape index (κ2) is 6.96. The minimum atomic E-state index is 0.316. The Kier molecular flexibility index (Phi) is 5.28. The predicted octanol–water partition coefficient (Wildman–Crippen LogP) is 2.74. The molecule has 1 aliphatic rings. The van der Waals surface area contributed by atoms with Gasteiger partial charge in [-0.1, -0.05) is 6.92 Å². The third kappa shape index (κ3) is 3.74. The van der Waals surface area contributed by atoms with Gasteiger partial charge in [-0.15, -0.1) is 0 Å². The van der Waals surface area contributed by atoms with Crippen LogP contribution in [0.4, 0.5) is 0 Å². The topological polar surface area (TPSA) is 47.0 Å². The molecule has 2 atom stereocenters. The second-order valence-electron chi connectivity index (χ2n) is 5.36. The van der Waals surface area contributed by atoms with E-state index >= 15 is 0 Å². The van der Waals surface area contributed by atoms with Crippen LogP contribution < -0.4 is 5.32 Å². The predicted molar refractivity (Wildman–Crippen MR) is 76.3 cm³/mol. The standard InChI is InChI=1S/C15H25N3O/c1-4-7-16-11(2)14-9-17-15(18-12(14)3)13-6-5-8-19-10-13/h9,11,13,16H,4-8,10H2,1-3H3. The number of rotatable bonds is 5. The van der Waals surface area contributed by atoms with E-state index in [1.165, 1.54) is 5.56 Å². The van der Waals surface area contributed by atoms with Crippen molar-refractivity contribution in [2.24, 2.45) is 0 Å². The summed E-state index contributed by atoms with van der Waals surface area (Å²) >= 11 is 0. The molecule has 1 aromatic heterocycles. The molecule has 106 valence electrons. The minimum Gasteiger partial charge on any atom is -0.381 e. The number of aryl methyl sites for hydroxylation is 1. The number of hydrogen-bond donors (Lipinski definition) is 1. The van der Waals surface area contributed by atoms with Crippen molar-refractivity contribution in [2.45, 2.75) is 52.0 Å². The fourth-order valence-corrected chi connectivity index (χ4v) is 2.53. The van der Waals surface area contributed by atoms with Crippen LogP contribution in [0.5, 0.6) is 0 Å². The monoisotopic (exact) mass is 263 g/mol. The minimum absolute atomic E-state index is 0.316. The van der Waals surface area contributed by atoms with Crippen molar-refractivity contribution in [1.82, 2.24) is 15.3 Å². The maximum atomic E-state index is 5.51. The van der Waals surface area contributed by atoms with E-state index in [0.29, 0.717) is 12.0 Å². The first-order chi connectivity index (χ1) is 9.22. The quantitative estimate of drug-likeness (QED) is 0.887. The summed E-state index contributed by atoms with van der Waals surface area (Å²) in [6.07, 6.45) is 5.38. The summed E-state index contributed by atoms with van der Waals surface area (Å²) in [5, 5.41) is 3.48. The van der Waals surface area contributed by atoms with Crippen LogP contribution in [0.2, 0.25) is 0 Å². The van der Waals surface area contributed by atoms with E-state index in [9.17, 15) is 0 Å². The van der Waals surface area contributed by atoms with Crippen molar-refractivity contribution in [2.75, 3.05) is 19.8 Å². The second-order valence-corrected chi connectivity index (χ2v) is 5.36. The third-order valence-electron chi connectivity index (χ3n) is 3.73. The summed E-state index contributed by atoms with van der Waals surface area (Å²) < 4.78 is 5.51. The van der Waals surface area contributed by atoms with Crippen molar-refractivity contribution in [3.8, 4) is 0 Å². The molecule has 0 aliphatic carbocycles. The van der Waals surface area contributed by atoms with E-state index in [-0.39, 0.29) is 0 Å². The maximum Gasteiger partial charge on any atom is 0.133 e. The molecule has 0 radical (unpaired) electrons. The molecule has 0 saturated carbocycles. The Morgan fingerprint density at radius 3 is 3.00 bits per heavy atom. The van der Waals surface area contributed by atoms with Crippen LogP contribution in [-0.2, 0) is 4.74 Å². The summed E-state index contributed by atoms with van der Waals surface area (Å²) in [6, 6.07) is 0.316. The van der Waals surface area contributed by atoms with Gasteiger partial charge in [0.1, 0.15) is 5.82 Å². The SMILES string of the molecule is CCCNC(C)c1cnc(C2CCCOC2)nc1C. The van der Waals surface area contributed by atoms with Crippen molar-refractivity contribution < 1.29 is 4.74 Å². The number of hydrogen-bond acceptors (Lipinski definition) is 4. The molecule has 2 rings (SSSR count). The summed E-state index contributed by atoms with van der Waals surface area (Å²) in [5.41, 5.74) is 2.29. The fraction of sp³-hybridized carbons (Fsp3) is 0.733. The van der Waals surface area contributed by atoms with E-state index in [0.717, 1.165) is 50.5 Å². The summed E-state index contributed by atoms with van der Waals surface area (Å²) in [6.45, 7) is 9.10. The van der Waals surface area contributed by atoms with Crippen molar-refractivity contribution >= 4 is 0 Å². The summed E-state index contributed by atoms with van der Waals surface area (Å²) in [5.74, 6) is 1.32. The molecule has 1 aromatic rings. The van der Waals surface area contributed by atoms with Gasteiger partial charge in [-0.25, -0.2) is 9.97 Å². The smallest absolute Gasteiger partial charge is 0.133 e. The molecule has 1 saturated heterocycles. The first kappa shape index (κ1) is 14.4. The van der Waals surface area contributed by atoms with E-state index in [1.54, 1.807) is 0 Å². The molecular weight excluding hydrogens is 238 g/mol. The number of aromatic nitrogens is 2. The Balaban J connectivity index is 2.07. The average Bonchev–Trinajstić information content (AvgIpc) is 2.45. The Hall–Kier alpha value is -1.00. The van der Waals surface area contributed by atoms with Gasteiger partial charge in [0.15, 0.2) is 0 Å². The first-order valence-electron chi connectivity index (χ1n) is 7.37. The van der Waals surface area contributed by atoms with Gasteiger partial charge < -0.3 is 10.1 Å². The van der Waals surface area contributed by atoms with Gasteiger partial charge in [-0.3, -0.25) is 0 Å². The highest BCUT2D eigenvalue weighted by Gasteiger charge is 2.20. The number of ether oxygens (including phenoxy) is 1. The first-order valence-corrected chi connectivity index (χ1v) is 7.37. The molecule has 1 fully saturated rings. The molecule has 0 spiro atoms. The third-order valence-corrected chi connectivity index (χ3v) is 3.73. The van der Waals surface area contributed by atoms with Crippen LogP contribution in [0.15, 0.2) is 6.20 Å². The maximum absolute atomic E-state index is 5.51. The Morgan fingerprint density at radius 1 is 1.53 bits per heavy atom. The molecule has 1 aliphatic heterocycles. The lowest BCUT2D eigenvalue weighted by molar-refractivity contribution is 0.0780. The highest BCUT2D eigenvalue weighted by molar-refractivity contribution is 5.21. The van der Waals surface area contributed by atoms with Crippen LogP contribution in [0.3, 0.4) is 0 Å². The van der Waals surface area contributed by atoms with Gasteiger partial charge in [0.2, 0.25) is 0 Å². The van der Waals surface area contributed by atoms with Gasteiger partial charge in [0.25, 0.3) is 0 Å². The zero-order valence-electron chi connectivity index (χ0n) is 12.3. The molecule has 0 aromatic carbocycles. The largest absolute Gasteiger partial charge is 0.381 e. The average molecular weight is 263 g/mol.